The molecule has 8 heteroatoms. The maximum absolute atomic E-state index is 6.04. The minimum absolute atomic E-state index is 0.499. The zero-order valence-corrected chi connectivity index (χ0v) is 14.4. The van der Waals surface area contributed by atoms with Crippen molar-refractivity contribution < 1.29 is 4.52 Å². The van der Waals surface area contributed by atoms with E-state index in [1.54, 1.807) is 6.33 Å². The summed E-state index contributed by atoms with van der Waals surface area (Å²) < 4.78 is 7.14. The third kappa shape index (κ3) is 4.11. The highest BCUT2D eigenvalue weighted by molar-refractivity contribution is 7.98. The van der Waals surface area contributed by atoms with Crippen LogP contribution in [0, 0.1) is 5.92 Å². The fourth-order valence-corrected chi connectivity index (χ4v) is 3.00. The summed E-state index contributed by atoms with van der Waals surface area (Å²) in [7, 11) is 0. The first kappa shape index (κ1) is 16.0. The molecule has 2 heterocycles. The summed E-state index contributed by atoms with van der Waals surface area (Å²) in [6, 6.07) is 7.54. The normalized spacial score (nSPS) is 11.3. The largest absolute Gasteiger partial charge is 0.338 e. The number of hydrogen-bond acceptors (Lipinski definition) is 6. The van der Waals surface area contributed by atoms with E-state index >= 15 is 0 Å². The van der Waals surface area contributed by atoms with Crippen LogP contribution >= 0.6 is 23.4 Å². The van der Waals surface area contributed by atoms with Crippen molar-refractivity contribution in [1.29, 1.82) is 0 Å². The minimum atomic E-state index is 0.499. The van der Waals surface area contributed by atoms with E-state index < -0.39 is 0 Å². The van der Waals surface area contributed by atoms with Crippen LogP contribution in [0.15, 0.2) is 40.3 Å². The summed E-state index contributed by atoms with van der Waals surface area (Å²) in [6.07, 6.45) is 2.47. The lowest BCUT2D eigenvalue weighted by atomic mass is 10.1. The molecule has 1 aromatic carbocycles. The molecule has 0 bridgehead atoms. The summed E-state index contributed by atoms with van der Waals surface area (Å²) in [5, 5.41) is 13.5. The van der Waals surface area contributed by atoms with E-state index in [1.165, 1.54) is 11.8 Å². The molecule has 0 N–H and O–H groups in total. The lowest BCUT2D eigenvalue weighted by Crippen LogP contribution is -1.97. The average Bonchev–Trinajstić information content (AvgIpc) is 3.13. The van der Waals surface area contributed by atoms with Crippen molar-refractivity contribution >= 4 is 23.4 Å². The van der Waals surface area contributed by atoms with E-state index in [-0.39, 0.29) is 0 Å². The summed E-state index contributed by atoms with van der Waals surface area (Å²) >= 11 is 7.53. The first-order valence-electron chi connectivity index (χ1n) is 7.22. The van der Waals surface area contributed by atoms with Crippen molar-refractivity contribution in [2.24, 2.45) is 5.92 Å². The van der Waals surface area contributed by atoms with Gasteiger partial charge in [-0.3, -0.25) is 4.57 Å². The third-order valence-electron chi connectivity index (χ3n) is 3.03. The Labute approximate surface area is 143 Å². The zero-order chi connectivity index (χ0) is 16.2. The number of rotatable bonds is 6. The highest BCUT2D eigenvalue weighted by Gasteiger charge is 2.12. The van der Waals surface area contributed by atoms with Gasteiger partial charge in [0.25, 0.3) is 0 Å². The van der Waals surface area contributed by atoms with Crippen molar-refractivity contribution in [3.8, 4) is 5.69 Å². The van der Waals surface area contributed by atoms with Crippen LogP contribution in [0.5, 0.6) is 0 Å². The van der Waals surface area contributed by atoms with Gasteiger partial charge in [0.1, 0.15) is 6.33 Å². The topological polar surface area (TPSA) is 69.6 Å². The van der Waals surface area contributed by atoms with Crippen LogP contribution in [0.25, 0.3) is 5.69 Å². The lowest BCUT2D eigenvalue weighted by molar-refractivity contribution is 0.382. The van der Waals surface area contributed by atoms with Gasteiger partial charge in [-0.1, -0.05) is 48.4 Å². The first-order chi connectivity index (χ1) is 11.1. The molecule has 0 aliphatic heterocycles. The van der Waals surface area contributed by atoms with Crippen molar-refractivity contribution in [2.75, 3.05) is 0 Å². The summed E-state index contributed by atoms with van der Waals surface area (Å²) in [5.41, 5.74) is 0.913. The van der Waals surface area contributed by atoms with Crippen molar-refractivity contribution in [2.45, 2.75) is 31.2 Å². The molecule has 2 aromatic heterocycles. The first-order valence-corrected chi connectivity index (χ1v) is 8.58. The molecule has 0 radical (unpaired) electrons. The van der Waals surface area contributed by atoms with Gasteiger partial charge in [0.2, 0.25) is 5.89 Å². The summed E-state index contributed by atoms with van der Waals surface area (Å²) in [5.74, 6) is 2.38. The Morgan fingerprint density at radius 2 is 2.22 bits per heavy atom. The molecule has 3 rings (SSSR count). The number of hydrogen-bond donors (Lipinski definition) is 0. The highest BCUT2D eigenvalue weighted by Crippen LogP contribution is 2.24. The van der Waals surface area contributed by atoms with Crippen LogP contribution in [0.4, 0.5) is 0 Å². The number of aromatic nitrogens is 5. The smallest absolute Gasteiger partial charge is 0.237 e. The Kier molecular flexibility index (Phi) is 4.97. The second-order valence-corrected chi connectivity index (χ2v) is 6.83. The van der Waals surface area contributed by atoms with E-state index in [4.69, 9.17) is 16.1 Å². The molecule has 0 unspecified atom stereocenters. The van der Waals surface area contributed by atoms with Crippen LogP contribution < -0.4 is 0 Å². The fourth-order valence-electron chi connectivity index (χ4n) is 2.05. The van der Waals surface area contributed by atoms with E-state index in [0.717, 1.165) is 23.1 Å². The molecule has 23 heavy (non-hydrogen) atoms. The summed E-state index contributed by atoms with van der Waals surface area (Å²) in [4.78, 5) is 4.39. The van der Waals surface area contributed by atoms with E-state index in [0.29, 0.717) is 22.6 Å². The molecule has 0 atom stereocenters. The molecule has 120 valence electrons. The molecule has 0 fully saturated rings. The van der Waals surface area contributed by atoms with Gasteiger partial charge in [-0.15, -0.1) is 10.2 Å². The molecular weight excluding hydrogens is 334 g/mol. The zero-order valence-electron chi connectivity index (χ0n) is 12.8. The Bertz CT molecular complexity index is 786. The van der Waals surface area contributed by atoms with E-state index in [1.807, 2.05) is 28.8 Å². The molecule has 3 aromatic rings. The number of benzene rings is 1. The van der Waals surface area contributed by atoms with Gasteiger partial charge in [0, 0.05) is 11.4 Å². The quantitative estimate of drug-likeness (QED) is 0.630. The number of halogens is 1. The SMILES string of the molecule is CC(C)Cc1noc(CSc2nncn2-c2cccc(Cl)c2)n1. The Morgan fingerprint density at radius 1 is 1.35 bits per heavy atom. The van der Waals surface area contributed by atoms with Gasteiger partial charge in [-0.05, 0) is 24.1 Å². The second kappa shape index (κ2) is 7.14. The van der Waals surface area contributed by atoms with Crippen LogP contribution in [-0.4, -0.2) is 24.9 Å². The van der Waals surface area contributed by atoms with Gasteiger partial charge >= 0.3 is 0 Å². The molecule has 0 saturated heterocycles. The number of thioether (sulfide) groups is 1. The molecule has 0 aliphatic rings. The summed E-state index contributed by atoms with van der Waals surface area (Å²) in [6.45, 7) is 4.25. The molecule has 6 nitrogen and oxygen atoms in total. The standard InChI is InChI=1S/C15H16ClN5OS/c1-10(2)6-13-18-14(22-20-13)8-23-15-19-17-9-21(15)12-5-3-4-11(16)7-12/h3-5,7,9-10H,6,8H2,1-2H3. The lowest BCUT2D eigenvalue weighted by Gasteiger charge is -2.05. The average molecular weight is 350 g/mol. The van der Waals surface area contributed by atoms with Crippen LogP contribution in [-0.2, 0) is 12.2 Å². The molecule has 0 aliphatic carbocycles. The molecule has 0 amide bonds. The van der Waals surface area contributed by atoms with E-state index in [2.05, 4.69) is 34.2 Å². The number of nitrogens with zero attached hydrogens (tertiary/aromatic N) is 5. The molecule has 0 spiro atoms. The van der Waals surface area contributed by atoms with Crippen LogP contribution in [0.1, 0.15) is 25.6 Å². The second-order valence-electron chi connectivity index (χ2n) is 5.45. The van der Waals surface area contributed by atoms with Crippen molar-refractivity contribution in [1.82, 2.24) is 24.9 Å². The Balaban J connectivity index is 1.70. The van der Waals surface area contributed by atoms with Gasteiger partial charge in [-0.2, -0.15) is 4.98 Å². The predicted octanol–water partition coefficient (Wildman–Crippen LogP) is 3.79. The van der Waals surface area contributed by atoms with Gasteiger partial charge < -0.3 is 4.52 Å². The predicted molar refractivity (Wildman–Crippen MR) is 88.8 cm³/mol. The van der Waals surface area contributed by atoms with Crippen LogP contribution in [0.2, 0.25) is 5.02 Å². The maximum atomic E-state index is 6.04. The molecule has 0 saturated carbocycles. The Morgan fingerprint density at radius 3 is 3.00 bits per heavy atom. The van der Waals surface area contributed by atoms with Gasteiger partial charge in [-0.25, -0.2) is 0 Å². The third-order valence-corrected chi connectivity index (χ3v) is 4.19. The Hall–Kier alpha value is -1.86. The fraction of sp³-hybridized carbons (Fsp3) is 0.333. The maximum Gasteiger partial charge on any atom is 0.237 e. The molecular formula is C15H16ClN5OS. The van der Waals surface area contributed by atoms with Crippen molar-refractivity contribution in [3.05, 3.63) is 47.3 Å². The minimum Gasteiger partial charge on any atom is -0.338 e. The highest BCUT2D eigenvalue weighted by atomic mass is 35.5. The van der Waals surface area contributed by atoms with Crippen molar-refractivity contribution in [3.63, 3.8) is 0 Å². The monoisotopic (exact) mass is 349 g/mol. The van der Waals surface area contributed by atoms with Crippen LogP contribution in [0.3, 0.4) is 0 Å². The van der Waals surface area contributed by atoms with Gasteiger partial charge in [0.15, 0.2) is 11.0 Å². The van der Waals surface area contributed by atoms with Gasteiger partial charge in [0.05, 0.1) is 11.4 Å². The van der Waals surface area contributed by atoms with E-state index in [9.17, 15) is 0 Å².